The molecule has 1 aromatic rings. The van der Waals surface area contributed by atoms with E-state index in [0.29, 0.717) is 18.7 Å². The standard InChI is InChI=1S/C10H20N4O2S/c1-4-11-6-9-7-12-14-10(9)17(15,16)13-5-8(2)3/h7-8,11,13H,4-6H2,1-3H3,(H,12,14). The summed E-state index contributed by atoms with van der Waals surface area (Å²) in [5, 5.41) is 9.55. The maximum atomic E-state index is 12.0. The van der Waals surface area contributed by atoms with Crippen molar-refractivity contribution < 1.29 is 8.42 Å². The fourth-order valence-corrected chi connectivity index (χ4v) is 2.61. The quantitative estimate of drug-likeness (QED) is 0.664. The van der Waals surface area contributed by atoms with Gasteiger partial charge in [-0.05, 0) is 12.5 Å². The predicted molar refractivity (Wildman–Crippen MR) is 66.0 cm³/mol. The van der Waals surface area contributed by atoms with Crippen molar-refractivity contribution in [1.29, 1.82) is 0 Å². The first-order valence-electron chi connectivity index (χ1n) is 5.70. The van der Waals surface area contributed by atoms with Crippen LogP contribution in [-0.2, 0) is 16.6 Å². The molecule has 0 aliphatic carbocycles. The summed E-state index contributed by atoms with van der Waals surface area (Å²) in [6.45, 7) is 7.56. The van der Waals surface area contributed by atoms with Gasteiger partial charge in [0.25, 0.3) is 10.0 Å². The number of H-pyrrole nitrogens is 1. The van der Waals surface area contributed by atoms with E-state index in [4.69, 9.17) is 0 Å². The summed E-state index contributed by atoms with van der Waals surface area (Å²) in [5.74, 6) is 0.268. The smallest absolute Gasteiger partial charge is 0.257 e. The molecule has 17 heavy (non-hydrogen) atoms. The summed E-state index contributed by atoms with van der Waals surface area (Å²) < 4.78 is 26.5. The second kappa shape index (κ2) is 6.13. The Labute approximate surface area is 102 Å². The van der Waals surface area contributed by atoms with Crippen LogP contribution in [0.15, 0.2) is 11.2 Å². The van der Waals surface area contributed by atoms with E-state index >= 15 is 0 Å². The second-order valence-corrected chi connectivity index (χ2v) is 5.95. The van der Waals surface area contributed by atoms with E-state index in [0.717, 1.165) is 6.54 Å². The lowest BCUT2D eigenvalue weighted by atomic mass is 10.2. The Bertz CT molecular complexity index is 439. The Hall–Kier alpha value is -0.920. The van der Waals surface area contributed by atoms with Gasteiger partial charge in [-0.3, -0.25) is 5.10 Å². The fourth-order valence-electron chi connectivity index (χ4n) is 1.27. The Kier molecular flexibility index (Phi) is 5.10. The van der Waals surface area contributed by atoms with E-state index in [9.17, 15) is 8.42 Å². The summed E-state index contributed by atoms with van der Waals surface area (Å²) in [4.78, 5) is 0. The van der Waals surface area contributed by atoms with Crippen molar-refractivity contribution >= 4 is 10.0 Å². The van der Waals surface area contributed by atoms with Gasteiger partial charge in [-0.25, -0.2) is 13.1 Å². The van der Waals surface area contributed by atoms with Crippen LogP contribution >= 0.6 is 0 Å². The van der Waals surface area contributed by atoms with Crippen LogP contribution in [0.5, 0.6) is 0 Å². The van der Waals surface area contributed by atoms with Gasteiger partial charge >= 0.3 is 0 Å². The first kappa shape index (κ1) is 14.1. The number of hydrogen-bond donors (Lipinski definition) is 3. The molecule has 0 atom stereocenters. The molecule has 1 aromatic heterocycles. The zero-order valence-corrected chi connectivity index (χ0v) is 11.3. The topological polar surface area (TPSA) is 86.9 Å². The molecule has 6 nitrogen and oxygen atoms in total. The van der Waals surface area contributed by atoms with Crippen LogP contribution in [0.1, 0.15) is 26.3 Å². The third-order valence-electron chi connectivity index (χ3n) is 2.19. The molecule has 0 radical (unpaired) electrons. The summed E-state index contributed by atoms with van der Waals surface area (Å²) in [6.07, 6.45) is 1.53. The minimum absolute atomic E-state index is 0.152. The predicted octanol–water partition coefficient (Wildman–Crippen LogP) is 0.454. The van der Waals surface area contributed by atoms with Gasteiger partial charge in [0, 0.05) is 18.7 Å². The third kappa shape index (κ3) is 4.10. The first-order chi connectivity index (χ1) is 7.97. The molecule has 1 rings (SSSR count). The Morgan fingerprint density at radius 2 is 2.18 bits per heavy atom. The van der Waals surface area contributed by atoms with Crippen LogP contribution in [0.3, 0.4) is 0 Å². The zero-order valence-electron chi connectivity index (χ0n) is 10.4. The van der Waals surface area contributed by atoms with Crippen LogP contribution in [0.4, 0.5) is 0 Å². The average Bonchev–Trinajstić information content (AvgIpc) is 2.72. The lowest BCUT2D eigenvalue weighted by Crippen LogP contribution is -2.29. The van der Waals surface area contributed by atoms with Gasteiger partial charge in [-0.15, -0.1) is 0 Å². The molecular weight excluding hydrogens is 240 g/mol. The summed E-state index contributed by atoms with van der Waals surface area (Å²) >= 11 is 0. The minimum Gasteiger partial charge on any atom is -0.313 e. The molecule has 3 N–H and O–H groups in total. The Balaban J connectivity index is 2.80. The van der Waals surface area contributed by atoms with Gasteiger partial charge in [0.05, 0.1) is 6.20 Å². The molecule has 0 fully saturated rings. The maximum Gasteiger partial charge on any atom is 0.257 e. The molecule has 0 aliphatic heterocycles. The molecule has 0 aromatic carbocycles. The van der Waals surface area contributed by atoms with Gasteiger partial charge < -0.3 is 5.32 Å². The van der Waals surface area contributed by atoms with Crippen LogP contribution in [0, 0.1) is 5.92 Å². The molecule has 0 spiro atoms. The van der Waals surface area contributed by atoms with Crippen LogP contribution < -0.4 is 10.0 Å². The molecule has 0 saturated heterocycles. The number of sulfonamides is 1. The molecule has 0 amide bonds. The molecule has 0 bridgehead atoms. The van der Waals surface area contributed by atoms with E-state index in [1.54, 1.807) is 0 Å². The Morgan fingerprint density at radius 3 is 2.76 bits per heavy atom. The lowest BCUT2D eigenvalue weighted by Gasteiger charge is -2.09. The van der Waals surface area contributed by atoms with Crippen LogP contribution in [0.2, 0.25) is 0 Å². The van der Waals surface area contributed by atoms with Crippen molar-refractivity contribution in [3.63, 3.8) is 0 Å². The summed E-state index contributed by atoms with van der Waals surface area (Å²) in [5.41, 5.74) is 0.656. The minimum atomic E-state index is -3.48. The van der Waals surface area contributed by atoms with E-state index < -0.39 is 10.0 Å². The van der Waals surface area contributed by atoms with Crippen LogP contribution in [-0.4, -0.2) is 31.7 Å². The van der Waals surface area contributed by atoms with Gasteiger partial charge in [-0.1, -0.05) is 20.8 Å². The lowest BCUT2D eigenvalue weighted by molar-refractivity contribution is 0.554. The average molecular weight is 260 g/mol. The van der Waals surface area contributed by atoms with Gasteiger partial charge in [0.15, 0.2) is 5.03 Å². The van der Waals surface area contributed by atoms with E-state index in [1.807, 2.05) is 20.8 Å². The molecule has 7 heteroatoms. The molecule has 0 unspecified atom stereocenters. The van der Waals surface area contributed by atoms with Crippen molar-refractivity contribution in [3.8, 4) is 0 Å². The fraction of sp³-hybridized carbons (Fsp3) is 0.700. The molecule has 0 aliphatic rings. The molecule has 0 saturated carbocycles. The van der Waals surface area contributed by atoms with Gasteiger partial charge in [0.1, 0.15) is 0 Å². The summed E-state index contributed by atoms with van der Waals surface area (Å²) in [6, 6.07) is 0. The number of nitrogens with one attached hydrogen (secondary N) is 3. The Morgan fingerprint density at radius 1 is 1.47 bits per heavy atom. The first-order valence-corrected chi connectivity index (χ1v) is 7.18. The van der Waals surface area contributed by atoms with E-state index in [2.05, 4.69) is 20.2 Å². The van der Waals surface area contributed by atoms with Gasteiger partial charge in [0.2, 0.25) is 0 Å². The maximum absolute atomic E-state index is 12.0. The number of aromatic nitrogens is 2. The molecule has 1 heterocycles. The largest absolute Gasteiger partial charge is 0.313 e. The normalized spacial score (nSPS) is 12.2. The highest BCUT2D eigenvalue weighted by Crippen LogP contribution is 2.11. The molecule has 98 valence electrons. The number of aromatic amines is 1. The zero-order chi connectivity index (χ0) is 12.9. The van der Waals surface area contributed by atoms with Gasteiger partial charge in [-0.2, -0.15) is 5.10 Å². The van der Waals surface area contributed by atoms with Crippen molar-refractivity contribution in [2.24, 2.45) is 5.92 Å². The van der Waals surface area contributed by atoms with Crippen molar-refractivity contribution in [1.82, 2.24) is 20.2 Å². The van der Waals surface area contributed by atoms with Crippen molar-refractivity contribution in [2.45, 2.75) is 32.3 Å². The third-order valence-corrected chi connectivity index (χ3v) is 3.63. The highest BCUT2D eigenvalue weighted by atomic mass is 32.2. The van der Waals surface area contributed by atoms with Crippen LogP contribution in [0.25, 0.3) is 0 Å². The summed E-state index contributed by atoms with van der Waals surface area (Å²) in [7, 11) is -3.48. The van der Waals surface area contributed by atoms with E-state index in [-0.39, 0.29) is 10.9 Å². The number of nitrogens with zero attached hydrogens (tertiary/aromatic N) is 1. The highest BCUT2D eigenvalue weighted by Gasteiger charge is 2.20. The van der Waals surface area contributed by atoms with E-state index in [1.165, 1.54) is 6.20 Å². The number of hydrogen-bond acceptors (Lipinski definition) is 4. The highest BCUT2D eigenvalue weighted by molar-refractivity contribution is 7.89. The SMILES string of the molecule is CCNCc1cn[nH]c1S(=O)(=O)NCC(C)C. The number of rotatable bonds is 7. The second-order valence-electron chi connectivity index (χ2n) is 4.25. The molecular formula is C10H20N4O2S. The monoisotopic (exact) mass is 260 g/mol. The van der Waals surface area contributed by atoms with Crippen molar-refractivity contribution in [2.75, 3.05) is 13.1 Å². The van der Waals surface area contributed by atoms with Crippen molar-refractivity contribution in [3.05, 3.63) is 11.8 Å².